The Morgan fingerprint density at radius 2 is 0.940 bits per heavy atom. The average molecular weight is 665 g/mol. The van der Waals surface area contributed by atoms with Gasteiger partial charge in [-0.25, -0.2) is 0 Å². The lowest BCUT2D eigenvalue weighted by molar-refractivity contribution is -0.394. The Morgan fingerprint density at radius 3 is 1.46 bits per heavy atom. The highest BCUT2D eigenvalue weighted by Gasteiger charge is 2.30. The number of nitrogens with zero attached hydrogens (tertiary/aromatic N) is 6. The van der Waals surface area contributed by atoms with Gasteiger partial charge in [0.15, 0.2) is 0 Å². The molecule has 0 fully saturated rings. The van der Waals surface area contributed by atoms with Gasteiger partial charge in [-0.3, -0.25) is 50.4 Å². The van der Waals surface area contributed by atoms with Crippen LogP contribution < -0.4 is 0 Å². The summed E-state index contributed by atoms with van der Waals surface area (Å²) < 4.78 is 0. The molecule has 0 radical (unpaired) electrons. The number of pyridine rings is 2. The lowest BCUT2D eigenvalue weighted by atomic mass is 9.80. The van der Waals surface area contributed by atoms with E-state index in [9.17, 15) is 40.5 Å². The molecule has 242 valence electrons. The van der Waals surface area contributed by atoms with Gasteiger partial charge in [0, 0.05) is 53.6 Å². The van der Waals surface area contributed by atoms with Crippen LogP contribution in [-0.2, 0) is 0 Å². The largest absolute Gasteiger partial charge is 0.284 e. The molecule has 2 heterocycles. The van der Waals surface area contributed by atoms with E-state index in [1.807, 2.05) is 36.4 Å². The van der Waals surface area contributed by atoms with Crippen molar-refractivity contribution in [2.45, 2.75) is 0 Å². The van der Waals surface area contributed by atoms with E-state index in [2.05, 4.69) is 9.97 Å². The van der Waals surface area contributed by atoms with Crippen molar-refractivity contribution in [1.82, 2.24) is 9.97 Å². The molecule has 0 saturated carbocycles. The van der Waals surface area contributed by atoms with Gasteiger partial charge < -0.3 is 0 Å². The van der Waals surface area contributed by atoms with Gasteiger partial charge in [-0.2, -0.15) is 0 Å². The van der Waals surface area contributed by atoms with Crippen molar-refractivity contribution in [3.05, 3.63) is 162 Å². The highest BCUT2D eigenvalue weighted by atomic mass is 16.6. The molecule has 0 spiro atoms. The highest BCUT2D eigenvalue weighted by molar-refractivity contribution is 6.26. The fourth-order valence-electron chi connectivity index (χ4n) is 6.41. The zero-order chi connectivity index (χ0) is 35.1. The molecule has 50 heavy (non-hydrogen) atoms. The van der Waals surface area contributed by atoms with Crippen LogP contribution in [0.25, 0.3) is 66.1 Å². The number of nitro groups is 4. The minimum absolute atomic E-state index is 0.0571. The van der Waals surface area contributed by atoms with Gasteiger partial charge in [0.2, 0.25) is 0 Å². The molecule has 7 rings (SSSR count). The van der Waals surface area contributed by atoms with Crippen molar-refractivity contribution in [2.75, 3.05) is 0 Å². The predicted molar refractivity (Wildman–Crippen MR) is 185 cm³/mol. The van der Waals surface area contributed by atoms with Crippen LogP contribution in [0.5, 0.6) is 0 Å². The first-order valence-electron chi connectivity index (χ1n) is 14.8. The van der Waals surface area contributed by atoms with E-state index in [0.29, 0.717) is 38.4 Å². The first-order chi connectivity index (χ1) is 24.2. The Bertz CT molecular complexity index is 2560. The summed E-state index contributed by atoms with van der Waals surface area (Å²) in [5.74, 6) is 0. The maximum atomic E-state index is 12.7. The second-order valence-corrected chi connectivity index (χ2v) is 11.1. The molecule has 0 aliphatic heterocycles. The summed E-state index contributed by atoms with van der Waals surface area (Å²) in [7, 11) is 0. The number of hydrogen-bond acceptors (Lipinski definition) is 10. The lowest BCUT2D eigenvalue weighted by Gasteiger charge is -2.22. The first kappa shape index (κ1) is 31.1. The minimum atomic E-state index is -0.760. The van der Waals surface area contributed by atoms with Gasteiger partial charge in [-0.05, 0) is 62.5 Å². The number of benzene rings is 5. The van der Waals surface area contributed by atoms with E-state index in [1.165, 1.54) is 12.1 Å². The van der Waals surface area contributed by atoms with Crippen LogP contribution in [0.15, 0.2) is 122 Å². The number of non-ortho nitro benzene ring substituents is 2. The van der Waals surface area contributed by atoms with E-state index >= 15 is 0 Å². The van der Waals surface area contributed by atoms with Gasteiger partial charge in [-0.1, -0.05) is 48.5 Å². The fourth-order valence-corrected chi connectivity index (χ4v) is 6.41. The second kappa shape index (κ2) is 12.3. The first-order valence-corrected chi connectivity index (χ1v) is 14.8. The summed E-state index contributed by atoms with van der Waals surface area (Å²) in [5, 5.41) is 51.1. The molecule has 0 bridgehead atoms. The smallest absolute Gasteiger partial charge is 0.264 e. The van der Waals surface area contributed by atoms with E-state index < -0.39 is 42.4 Å². The Kier molecular flexibility index (Phi) is 7.64. The normalized spacial score (nSPS) is 11.0. The molecule has 0 aliphatic rings. The third-order valence-electron chi connectivity index (χ3n) is 8.43. The zero-order valence-electron chi connectivity index (χ0n) is 25.5. The standard InChI is InChI=1S/C36H20N6O8/c43-39(44)23-9-11-25(31(17-23)41(47)48)28-13-14-30-33(21-5-3-15-37-19-21)26-7-1-2-8-27(26)34(22-6-4-16-38-20-22)36(30)35(28)29-12-10-24(40(45)46)18-32(29)42(49)50/h1-20H. The van der Waals surface area contributed by atoms with E-state index in [0.717, 1.165) is 29.7 Å². The summed E-state index contributed by atoms with van der Waals surface area (Å²) in [5.41, 5.74) is 0.512. The molecule has 0 aliphatic carbocycles. The fraction of sp³-hybridized carbons (Fsp3) is 0. The van der Waals surface area contributed by atoms with Crippen LogP contribution in [-0.4, -0.2) is 29.7 Å². The third-order valence-corrected chi connectivity index (χ3v) is 8.43. The van der Waals surface area contributed by atoms with Crippen LogP contribution in [0.1, 0.15) is 0 Å². The summed E-state index contributed by atoms with van der Waals surface area (Å²) in [6.45, 7) is 0. The number of rotatable bonds is 8. The van der Waals surface area contributed by atoms with Crippen molar-refractivity contribution in [3.8, 4) is 44.5 Å². The van der Waals surface area contributed by atoms with Gasteiger partial charge in [0.05, 0.1) is 43.0 Å². The predicted octanol–water partition coefficient (Wildman–Crippen LogP) is 9.08. The van der Waals surface area contributed by atoms with Crippen molar-refractivity contribution in [1.29, 1.82) is 0 Å². The minimum Gasteiger partial charge on any atom is -0.264 e. The van der Waals surface area contributed by atoms with Crippen molar-refractivity contribution in [3.63, 3.8) is 0 Å². The quantitative estimate of drug-likeness (QED) is 0.0857. The monoisotopic (exact) mass is 664 g/mol. The van der Waals surface area contributed by atoms with Gasteiger partial charge in [-0.15, -0.1) is 0 Å². The maximum Gasteiger partial charge on any atom is 0.284 e. The molecule has 0 amide bonds. The maximum absolute atomic E-state index is 12.7. The molecule has 14 heteroatoms. The number of aromatic nitrogens is 2. The molecule has 14 nitrogen and oxygen atoms in total. The van der Waals surface area contributed by atoms with Crippen LogP contribution in [0.2, 0.25) is 0 Å². The molecule has 2 aromatic heterocycles. The Hall–Kier alpha value is -7.48. The average Bonchev–Trinajstić information content (AvgIpc) is 3.13. The Labute approximate surface area is 280 Å². The molecule has 7 aromatic rings. The summed E-state index contributed by atoms with van der Waals surface area (Å²) in [6.07, 6.45) is 6.51. The summed E-state index contributed by atoms with van der Waals surface area (Å²) in [4.78, 5) is 54.2. The molecule has 0 N–H and O–H groups in total. The lowest BCUT2D eigenvalue weighted by Crippen LogP contribution is -2.01. The zero-order valence-corrected chi connectivity index (χ0v) is 25.5. The molecular weight excluding hydrogens is 644 g/mol. The van der Waals surface area contributed by atoms with E-state index in [4.69, 9.17) is 0 Å². The highest BCUT2D eigenvalue weighted by Crippen LogP contribution is 2.52. The molecular formula is C36H20N6O8. The number of fused-ring (bicyclic) bond motifs is 2. The van der Waals surface area contributed by atoms with E-state index in [1.54, 1.807) is 49.1 Å². The Morgan fingerprint density at radius 1 is 0.440 bits per heavy atom. The van der Waals surface area contributed by atoms with E-state index in [-0.39, 0.29) is 22.3 Å². The SMILES string of the molecule is O=[N+]([O-])c1ccc(-c2ccc3c(-c4cccnc4)c4ccccc4c(-c4cccnc4)c3c2-c2ccc([N+](=O)[O-])cc2[N+](=O)[O-])c([N+](=O)[O-])c1. The van der Waals surface area contributed by atoms with Crippen LogP contribution in [0.4, 0.5) is 22.7 Å². The van der Waals surface area contributed by atoms with Crippen molar-refractivity contribution in [2.24, 2.45) is 0 Å². The number of nitro benzene ring substituents is 4. The Balaban J connectivity index is 1.79. The molecule has 0 atom stereocenters. The van der Waals surface area contributed by atoms with Crippen molar-refractivity contribution < 1.29 is 19.7 Å². The molecule has 0 saturated heterocycles. The van der Waals surface area contributed by atoms with Crippen LogP contribution in [0.3, 0.4) is 0 Å². The number of hydrogen-bond donors (Lipinski definition) is 0. The topological polar surface area (TPSA) is 198 Å². The van der Waals surface area contributed by atoms with Gasteiger partial charge in [0.1, 0.15) is 0 Å². The van der Waals surface area contributed by atoms with Crippen molar-refractivity contribution >= 4 is 44.3 Å². The van der Waals surface area contributed by atoms with Crippen LogP contribution in [0, 0.1) is 40.5 Å². The third kappa shape index (κ3) is 5.18. The summed E-state index contributed by atoms with van der Waals surface area (Å²) in [6, 6.07) is 24.4. The van der Waals surface area contributed by atoms with Crippen LogP contribution >= 0.6 is 0 Å². The second-order valence-electron chi connectivity index (χ2n) is 11.1. The van der Waals surface area contributed by atoms with Gasteiger partial charge >= 0.3 is 0 Å². The van der Waals surface area contributed by atoms with Gasteiger partial charge in [0.25, 0.3) is 22.7 Å². The molecule has 5 aromatic carbocycles. The summed E-state index contributed by atoms with van der Waals surface area (Å²) >= 11 is 0. The molecule has 0 unspecified atom stereocenters.